The first-order chi connectivity index (χ1) is 22.7. The molecule has 4 atom stereocenters. The fourth-order valence-corrected chi connectivity index (χ4v) is 9.34. The molecule has 2 aromatic heterocycles. The number of anilines is 1. The number of ether oxygens (including phenoxy) is 5. The van der Waals surface area contributed by atoms with Crippen molar-refractivity contribution < 1.29 is 70.6 Å². The summed E-state index contributed by atoms with van der Waals surface area (Å²) in [5.41, 5.74) is 13.8. The minimum absolute atomic E-state index is 0.109. The van der Waals surface area contributed by atoms with Gasteiger partial charge in [-0.1, -0.05) is 4.31 Å². The van der Waals surface area contributed by atoms with Crippen molar-refractivity contribution in [3.63, 3.8) is 0 Å². The van der Waals surface area contributed by atoms with Gasteiger partial charge in [0.25, 0.3) is 0 Å². The minimum atomic E-state index is -5.49. The number of benzene rings is 1. The molecular weight excluding hydrogens is 723 g/mol. The van der Waals surface area contributed by atoms with Crippen molar-refractivity contribution in [2.24, 2.45) is 5.73 Å². The van der Waals surface area contributed by atoms with Crippen LogP contribution in [0.5, 0.6) is 17.2 Å². The van der Waals surface area contributed by atoms with Gasteiger partial charge in [-0.3, -0.25) is 4.57 Å². The van der Waals surface area contributed by atoms with Crippen molar-refractivity contribution in [3.05, 3.63) is 35.8 Å². The largest absolute Gasteiger partial charge is 0.589 e. The molecular formula is C24H37N5O15P3S+. The summed E-state index contributed by atoms with van der Waals surface area (Å²) in [6.45, 7) is -0.476. The second kappa shape index (κ2) is 16.2. The fraction of sp³-hybridized carbons (Fsp3) is 0.500. The summed E-state index contributed by atoms with van der Waals surface area (Å²) in [7, 11) is -11.1. The Morgan fingerprint density at radius 3 is 2.38 bits per heavy atom. The van der Waals surface area contributed by atoms with E-state index in [2.05, 4.69) is 18.6 Å². The third-order valence-electron chi connectivity index (χ3n) is 6.91. The Hall–Kier alpha value is -2.16. The van der Waals surface area contributed by atoms with Crippen LogP contribution >= 0.6 is 35.4 Å². The highest BCUT2D eigenvalue weighted by molar-refractivity contribution is 7.98. The maximum Gasteiger partial charge on any atom is 0.589 e. The van der Waals surface area contributed by atoms with Gasteiger partial charge in [-0.05, 0) is 9.87 Å². The third-order valence-corrected chi connectivity index (χ3v) is 12.1. The molecule has 1 saturated heterocycles. The van der Waals surface area contributed by atoms with E-state index in [1.807, 2.05) is 0 Å². The number of phosphoric acid groups is 1. The summed E-state index contributed by atoms with van der Waals surface area (Å²) >= 11 is 1.37. The van der Waals surface area contributed by atoms with Crippen LogP contribution in [0.4, 0.5) is 5.82 Å². The summed E-state index contributed by atoms with van der Waals surface area (Å²) in [4.78, 5) is 45.7. The third kappa shape index (κ3) is 9.54. The molecule has 3 heterocycles. The van der Waals surface area contributed by atoms with Crippen molar-refractivity contribution in [2.45, 2.75) is 37.2 Å². The van der Waals surface area contributed by atoms with E-state index in [0.29, 0.717) is 39.6 Å². The maximum atomic E-state index is 13.0. The number of rotatable bonds is 18. The average Bonchev–Trinajstić information content (AvgIpc) is 3.62. The molecule has 0 amide bonds. The fourth-order valence-electron chi connectivity index (χ4n) is 4.85. The molecule has 24 heteroatoms. The van der Waals surface area contributed by atoms with Gasteiger partial charge in [-0.2, -0.15) is 9.79 Å². The van der Waals surface area contributed by atoms with Gasteiger partial charge >= 0.3 is 23.6 Å². The number of nitrogens with zero attached hydrogens (tertiary/aromatic N) is 3. The smallest absolute Gasteiger partial charge is 0.496 e. The molecule has 268 valence electrons. The summed E-state index contributed by atoms with van der Waals surface area (Å²) in [5, 5.41) is 10.2. The molecule has 1 aromatic carbocycles. The van der Waals surface area contributed by atoms with Gasteiger partial charge in [0, 0.05) is 42.6 Å². The first-order valence-electron chi connectivity index (χ1n) is 13.8. The number of aliphatic hydroxyl groups is 1. The lowest BCUT2D eigenvalue weighted by atomic mass is 10.2. The molecule has 1 fully saturated rings. The monoisotopic (exact) mass is 760 g/mol. The van der Waals surface area contributed by atoms with Crippen LogP contribution in [0.3, 0.4) is 0 Å². The number of hydrogen-bond acceptors (Lipinski definition) is 18. The zero-order chi connectivity index (χ0) is 35.3. The van der Waals surface area contributed by atoms with Crippen LogP contribution < -0.4 is 25.7 Å². The van der Waals surface area contributed by atoms with E-state index < -0.39 is 55.0 Å². The van der Waals surface area contributed by atoms with Crippen molar-refractivity contribution >= 4 is 52.2 Å². The molecule has 0 spiro atoms. The van der Waals surface area contributed by atoms with E-state index in [-0.39, 0.29) is 24.7 Å². The Morgan fingerprint density at radius 2 is 1.79 bits per heavy atom. The quantitative estimate of drug-likeness (QED) is 0.0554. The Balaban J connectivity index is 1.53. The van der Waals surface area contributed by atoms with Crippen LogP contribution in [0, 0.1) is 0 Å². The van der Waals surface area contributed by atoms with E-state index in [4.69, 9.17) is 49.5 Å². The highest BCUT2D eigenvalue weighted by atomic mass is 32.2. The number of aliphatic hydroxyl groups excluding tert-OH is 1. The molecule has 4 rings (SSSR count). The predicted molar refractivity (Wildman–Crippen MR) is 172 cm³/mol. The lowest BCUT2D eigenvalue weighted by molar-refractivity contribution is -0.0503. The molecule has 9 N–H and O–H groups in total. The number of thioether (sulfide) groups is 1. The Morgan fingerprint density at radius 1 is 1.10 bits per heavy atom. The molecule has 0 saturated carbocycles. The molecule has 0 bridgehead atoms. The second-order valence-corrected chi connectivity index (χ2v) is 15.9. The summed E-state index contributed by atoms with van der Waals surface area (Å²) in [6.07, 6.45) is -0.719. The van der Waals surface area contributed by atoms with Gasteiger partial charge in [0.15, 0.2) is 0 Å². The minimum Gasteiger partial charge on any atom is -0.496 e. The molecule has 3 aromatic rings. The highest BCUT2D eigenvalue weighted by Gasteiger charge is 2.55. The maximum absolute atomic E-state index is 13.0. The zero-order valence-corrected chi connectivity index (χ0v) is 29.3. The molecule has 1 aliphatic rings. The second-order valence-electron chi connectivity index (χ2n) is 9.96. The zero-order valence-electron chi connectivity index (χ0n) is 25.8. The van der Waals surface area contributed by atoms with Crippen molar-refractivity contribution in [1.29, 1.82) is 0 Å². The SMILES string of the molecule is COc1cc(OC)c(CSCOC2C[C@H](n3cc(CN)c4c(N)ncnc43)O[C@@H]2COP(=O)(CO)O[P+](O)(O)OP(=O)(O)O)c(OC)c1. The molecule has 0 aliphatic carbocycles. The van der Waals surface area contributed by atoms with Gasteiger partial charge in [0.2, 0.25) is 0 Å². The Kier molecular flexibility index (Phi) is 13.1. The number of nitrogen functional groups attached to an aromatic ring is 1. The Labute approximate surface area is 279 Å². The topological polar surface area (TPSA) is 292 Å². The van der Waals surface area contributed by atoms with Crippen LogP contribution in [0.2, 0.25) is 0 Å². The molecule has 48 heavy (non-hydrogen) atoms. The standard InChI is InChI=1S/C24H36N5O15P3S/c1-37-15-4-17(38-2)16(18(5-15)39-3)10-48-13-40-19-6-21(29-8-14(7-25)22-23(26)27-11-28-24(22)29)42-20(19)9-41-45(31,12-30)43-47(35,36)44-46(32,33)34/h4-5,8,11,19-21,30,35-36H,6-7,9-10,12-13,25H2,1-3H3,(H3-,26,27,28,32,33,34)/p+1/t19?,20-,21-,45?/m1/s1. The molecule has 1 aliphatic heterocycles. The lowest BCUT2D eigenvalue weighted by Crippen LogP contribution is -2.29. The molecule has 2 unspecified atom stereocenters. The van der Waals surface area contributed by atoms with Crippen molar-refractivity contribution in [3.8, 4) is 17.2 Å². The van der Waals surface area contributed by atoms with E-state index in [9.17, 15) is 24.0 Å². The van der Waals surface area contributed by atoms with E-state index in [0.717, 1.165) is 5.56 Å². The summed E-state index contributed by atoms with van der Waals surface area (Å²) in [5.74, 6) is 2.35. The summed E-state index contributed by atoms with van der Waals surface area (Å²) < 4.78 is 68.0. The van der Waals surface area contributed by atoms with Crippen LogP contribution in [0.25, 0.3) is 11.0 Å². The number of methoxy groups -OCH3 is 3. The van der Waals surface area contributed by atoms with Crippen molar-refractivity contribution in [2.75, 3.05) is 46.0 Å². The van der Waals surface area contributed by atoms with Gasteiger partial charge < -0.3 is 59.1 Å². The van der Waals surface area contributed by atoms with Crippen LogP contribution in [0.1, 0.15) is 23.8 Å². The van der Waals surface area contributed by atoms with E-state index in [1.165, 1.54) is 39.4 Å². The van der Waals surface area contributed by atoms with E-state index in [1.54, 1.807) is 22.9 Å². The predicted octanol–water partition coefficient (Wildman–Crippen LogP) is 2.01. The lowest BCUT2D eigenvalue weighted by Gasteiger charge is -2.22. The number of hydrogen-bond donors (Lipinski definition) is 7. The normalized spacial score (nSPS) is 19.8. The molecule has 20 nitrogen and oxygen atoms in total. The number of fused-ring (bicyclic) bond motifs is 1. The van der Waals surface area contributed by atoms with Crippen LogP contribution in [-0.2, 0) is 44.0 Å². The summed E-state index contributed by atoms with van der Waals surface area (Å²) in [6, 6.07) is 3.44. The van der Waals surface area contributed by atoms with Crippen LogP contribution in [0.15, 0.2) is 24.7 Å². The van der Waals surface area contributed by atoms with Crippen molar-refractivity contribution in [1.82, 2.24) is 14.5 Å². The van der Waals surface area contributed by atoms with Crippen LogP contribution in [-0.4, -0.2) is 91.6 Å². The van der Waals surface area contributed by atoms with Gasteiger partial charge in [0.05, 0.1) is 45.4 Å². The first-order valence-corrected chi connectivity index (χ1v) is 19.7. The highest BCUT2D eigenvalue weighted by Crippen LogP contribution is 2.72. The van der Waals surface area contributed by atoms with E-state index >= 15 is 0 Å². The van der Waals surface area contributed by atoms with Gasteiger partial charge in [-0.25, -0.2) is 14.5 Å². The average molecular weight is 761 g/mol. The number of aromatic nitrogens is 3. The first kappa shape index (κ1) is 38.6. The number of nitrogens with two attached hydrogens (primary N) is 2. The van der Waals surface area contributed by atoms with Gasteiger partial charge in [-0.15, -0.1) is 11.8 Å². The van der Waals surface area contributed by atoms with Gasteiger partial charge in [0.1, 0.15) is 53.7 Å². The Bertz CT molecular complexity index is 1640. The molecule has 0 radical (unpaired) electrons.